The lowest BCUT2D eigenvalue weighted by molar-refractivity contribution is -0.139. The van der Waals surface area contributed by atoms with Gasteiger partial charge < -0.3 is 14.9 Å². The van der Waals surface area contributed by atoms with Crippen molar-refractivity contribution in [1.82, 2.24) is 20.1 Å². The molecule has 0 aliphatic carbocycles. The largest absolute Gasteiger partial charge is 0.497 e. The number of aliphatic hydroxyl groups is 1. The Morgan fingerprint density at radius 1 is 1.23 bits per heavy atom. The molecular formula is C27H30N4O4. The van der Waals surface area contributed by atoms with Crippen molar-refractivity contribution in [3.05, 3.63) is 60.0 Å². The number of carboxylic acids is 1. The minimum Gasteiger partial charge on any atom is -0.497 e. The Bertz CT molecular complexity index is 1210. The first-order chi connectivity index (χ1) is 17.0. The summed E-state index contributed by atoms with van der Waals surface area (Å²) in [6.07, 6.45) is 6.61. The summed E-state index contributed by atoms with van der Waals surface area (Å²) in [6, 6.07) is 9.30. The molecule has 0 bridgehead atoms. The monoisotopic (exact) mass is 474 g/mol. The average Bonchev–Trinajstić information content (AvgIpc) is 2.87. The van der Waals surface area contributed by atoms with Crippen molar-refractivity contribution in [1.29, 1.82) is 0 Å². The molecule has 1 aromatic carbocycles. The van der Waals surface area contributed by atoms with Crippen molar-refractivity contribution in [3.8, 4) is 17.6 Å². The van der Waals surface area contributed by atoms with E-state index in [0.717, 1.165) is 47.2 Å². The molecule has 1 aliphatic rings. The van der Waals surface area contributed by atoms with E-state index in [0.29, 0.717) is 19.5 Å². The molecule has 3 heterocycles. The lowest BCUT2D eigenvalue weighted by atomic mass is 9.79. The number of aromatic nitrogens is 3. The summed E-state index contributed by atoms with van der Waals surface area (Å²) in [6.45, 7) is 2.12. The molecule has 1 saturated heterocycles. The molecule has 35 heavy (non-hydrogen) atoms. The number of carboxylic acid groups (broad SMARTS) is 1. The van der Waals surface area contributed by atoms with Crippen molar-refractivity contribution in [2.24, 2.45) is 11.8 Å². The number of piperidine rings is 1. The zero-order chi connectivity index (χ0) is 24.6. The molecule has 182 valence electrons. The van der Waals surface area contributed by atoms with Crippen LogP contribution in [0.3, 0.4) is 0 Å². The fraction of sp³-hybridized carbons (Fsp3) is 0.407. The van der Waals surface area contributed by atoms with Gasteiger partial charge in [-0.25, -0.2) is 0 Å². The molecule has 1 fully saturated rings. The van der Waals surface area contributed by atoms with Crippen LogP contribution in [0.15, 0.2) is 48.9 Å². The summed E-state index contributed by atoms with van der Waals surface area (Å²) >= 11 is 0. The Hall–Kier alpha value is -3.54. The molecule has 0 amide bonds. The van der Waals surface area contributed by atoms with Crippen LogP contribution in [0.2, 0.25) is 0 Å². The van der Waals surface area contributed by atoms with E-state index in [2.05, 4.69) is 31.9 Å². The average molecular weight is 475 g/mol. The molecule has 0 radical (unpaired) electrons. The standard InChI is InChI=1S/C27H30N4O4/c1-35-22-5-6-25-24(16-22)23(9-11-28-25)26(32)7-4-20-10-14-31(18-21(20)15-27(33)34)13-2-3-19-8-12-29-30-17-19/h5-6,8-9,11-12,16-17,20-21,26,32H,4,7,10,13-15,18H2,1H3,(H,33,34)/t20-,21+,26?/m1/s1. The lowest BCUT2D eigenvalue weighted by Gasteiger charge is -2.37. The number of pyridine rings is 1. The molecule has 4 rings (SSSR count). The maximum Gasteiger partial charge on any atom is 0.303 e. The molecule has 2 N–H and O–H groups in total. The number of aliphatic carboxylic acids is 1. The van der Waals surface area contributed by atoms with Gasteiger partial charge in [0.15, 0.2) is 0 Å². The minimum atomic E-state index is -0.788. The molecule has 2 aromatic heterocycles. The number of nitrogens with zero attached hydrogens (tertiary/aromatic N) is 4. The van der Waals surface area contributed by atoms with Gasteiger partial charge in [-0.1, -0.05) is 11.8 Å². The van der Waals surface area contributed by atoms with Crippen LogP contribution in [0.4, 0.5) is 0 Å². The van der Waals surface area contributed by atoms with Crippen LogP contribution in [0.5, 0.6) is 5.75 Å². The van der Waals surface area contributed by atoms with E-state index in [-0.39, 0.29) is 18.3 Å². The third-order valence-corrected chi connectivity index (χ3v) is 6.68. The van der Waals surface area contributed by atoms with Crippen LogP contribution in [0.25, 0.3) is 10.9 Å². The highest BCUT2D eigenvalue weighted by Crippen LogP contribution is 2.34. The first kappa shape index (κ1) is 24.6. The molecule has 0 spiro atoms. The number of benzene rings is 1. The van der Waals surface area contributed by atoms with Gasteiger partial charge in [0.05, 0.1) is 37.7 Å². The van der Waals surface area contributed by atoms with Crippen LogP contribution in [0.1, 0.15) is 42.9 Å². The minimum absolute atomic E-state index is 0.0205. The fourth-order valence-corrected chi connectivity index (χ4v) is 4.84. The van der Waals surface area contributed by atoms with Crippen LogP contribution >= 0.6 is 0 Å². The Morgan fingerprint density at radius 2 is 2.11 bits per heavy atom. The van der Waals surface area contributed by atoms with Gasteiger partial charge in [-0.3, -0.25) is 14.7 Å². The van der Waals surface area contributed by atoms with Gasteiger partial charge in [-0.2, -0.15) is 10.2 Å². The van der Waals surface area contributed by atoms with Crippen LogP contribution < -0.4 is 4.74 Å². The number of hydrogen-bond donors (Lipinski definition) is 2. The van der Waals surface area contributed by atoms with Gasteiger partial charge >= 0.3 is 5.97 Å². The maximum absolute atomic E-state index is 11.6. The predicted molar refractivity (Wildman–Crippen MR) is 132 cm³/mol. The first-order valence-electron chi connectivity index (χ1n) is 11.8. The number of rotatable bonds is 8. The smallest absolute Gasteiger partial charge is 0.303 e. The van der Waals surface area contributed by atoms with E-state index in [1.54, 1.807) is 25.7 Å². The number of likely N-dealkylation sites (tertiary alicyclic amines) is 1. The number of carbonyl (C=O) groups is 1. The Balaban J connectivity index is 1.39. The highest BCUT2D eigenvalue weighted by atomic mass is 16.5. The predicted octanol–water partition coefficient (Wildman–Crippen LogP) is 3.31. The number of aliphatic hydroxyl groups excluding tert-OH is 1. The summed E-state index contributed by atoms with van der Waals surface area (Å²) in [4.78, 5) is 18.2. The Kier molecular flexibility index (Phi) is 8.24. The lowest BCUT2D eigenvalue weighted by Crippen LogP contribution is -2.41. The third kappa shape index (κ3) is 6.53. The van der Waals surface area contributed by atoms with Crippen LogP contribution in [-0.2, 0) is 4.79 Å². The molecule has 1 unspecified atom stereocenters. The van der Waals surface area contributed by atoms with E-state index in [1.807, 2.05) is 30.3 Å². The van der Waals surface area contributed by atoms with E-state index in [4.69, 9.17) is 4.74 Å². The van der Waals surface area contributed by atoms with Gasteiger partial charge in [-0.15, -0.1) is 0 Å². The van der Waals surface area contributed by atoms with E-state index < -0.39 is 12.1 Å². The Labute approximate surface area is 205 Å². The molecular weight excluding hydrogens is 444 g/mol. The fourth-order valence-electron chi connectivity index (χ4n) is 4.84. The third-order valence-electron chi connectivity index (χ3n) is 6.68. The first-order valence-corrected chi connectivity index (χ1v) is 11.8. The Morgan fingerprint density at radius 3 is 2.89 bits per heavy atom. The summed E-state index contributed by atoms with van der Waals surface area (Å²) < 4.78 is 5.34. The molecule has 3 aromatic rings. The molecule has 1 aliphatic heterocycles. The highest BCUT2D eigenvalue weighted by Gasteiger charge is 2.31. The van der Waals surface area contributed by atoms with Gasteiger partial charge in [0.25, 0.3) is 0 Å². The number of methoxy groups -OCH3 is 1. The van der Waals surface area contributed by atoms with Gasteiger partial charge in [0.2, 0.25) is 0 Å². The van der Waals surface area contributed by atoms with Crippen molar-refractivity contribution in [2.75, 3.05) is 26.7 Å². The SMILES string of the molecule is COc1ccc2nccc(C(O)CC[C@@H]3CCN(CC#Cc4ccnnc4)C[C@@H]3CC(=O)O)c2c1. The van der Waals surface area contributed by atoms with Crippen molar-refractivity contribution in [3.63, 3.8) is 0 Å². The van der Waals surface area contributed by atoms with Crippen molar-refractivity contribution >= 4 is 16.9 Å². The summed E-state index contributed by atoms with van der Waals surface area (Å²) in [7, 11) is 1.62. The topological polar surface area (TPSA) is 109 Å². The van der Waals surface area contributed by atoms with Gasteiger partial charge in [-0.05, 0) is 73.5 Å². The number of fused-ring (bicyclic) bond motifs is 1. The highest BCUT2D eigenvalue weighted by molar-refractivity contribution is 5.83. The summed E-state index contributed by atoms with van der Waals surface area (Å²) in [5.74, 6) is 6.43. The van der Waals surface area contributed by atoms with E-state index in [9.17, 15) is 15.0 Å². The molecule has 3 atom stereocenters. The van der Waals surface area contributed by atoms with E-state index in [1.165, 1.54) is 0 Å². The summed E-state index contributed by atoms with van der Waals surface area (Å²) in [5.41, 5.74) is 2.44. The maximum atomic E-state index is 11.6. The summed E-state index contributed by atoms with van der Waals surface area (Å²) in [5, 5.41) is 29.0. The van der Waals surface area contributed by atoms with Crippen LogP contribution in [0, 0.1) is 23.7 Å². The molecule has 8 nitrogen and oxygen atoms in total. The second-order valence-electron chi connectivity index (χ2n) is 8.95. The number of ether oxygens (including phenoxy) is 1. The zero-order valence-electron chi connectivity index (χ0n) is 19.8. The second-order valence-corrected chi connectivity index (χ2v) is 8.95. The van der Waals surface area contributed by atoms with Crippen LogP contribution in [-0.4, -0.2) is 63.0 Å². The zero-order valence-corrected chi connectivity index (χ0v) is 19.8. The van der Waals surface area contributed by atoms with Gasteiger partial charge in [0.1, 0.15) is 5.75 Å². The number of hydrogen-bond acceptors (Lipinski definition) is 7. The molecule has 8 heteroatoms. The van der Waals surface area contributed by atoms with E-state index >= 15 is 0 Å². The van der Waals surface area contributed by atoms with Crippen molar-refractivity contribution in [2.45, 2.75) is 31.8 Å². The quantitative estimate of drug-likeness (QED) is 0.479. The second kappa shape index (κ2) is 11.7. The van der Waals surface area contributed by atoms with Gasteiger partial charge in [0, 0.05) is 30.1 Å². The van der Waals surface area contributed by atoms with Crippen molar-refractivity contribution < 1.29 is 19.7 Å². The molecule has 0 saturated carbocycles. The normalized spacial score (nSPS) is 19.0.